The summed E-state index contributed by atoms with van der Waals surface area (Å²) in [6, 6.07) is 0. The minimum Gasteiger partial charge on any atom is -0.479 e. The van der Waals surface area contributed by atoms with E-state index >= 15 is 0 Å². The van der Waals surface area contributed by atoms with Crippen molar-refractivity contribution < 1.29 is 4.74 Å². The number of H-pyrrole nitrogens is 1. The molecular weight excluding hydrogens is 104 g/mol. The summed E-state index contributed by atoms with van der Waals surface area (Å²) >= 11 is 0. The Morgan fingerprint density at radius 2 is 2.50 bits per heavy atom. The van der Waals surface area contributed by atoms with Crippen LogP contribution in [-0.2, 0) is 0 Å². The average molecular weight is 111 g/mol. The van der Waals surface area contributed by atoms with Crippen LogP contribution in [0.5, 0.6) is 5.88 Å². The molecule has 0 fully saturated rings. The van der Waals surface area contributed by atoms with Gasteiger partial charge in [0.15, 0.2) is 0 Å². The molecule has 1 aromatic rings. The van der Waals surface area contributed by atoms with Crippen LogP contribution in [0.15, 0.2) is 0 Å². The third-order valence-electron chi connectivity index (χ3n) is 0.813. The van der Waals surface area contributed by atoms with Crippen LogP contribution in [0.4, 0.5) is 0 Å². The molecule has 0 saturated carbocycles. The first-order chi connectivity index (χ1) is 3.83. The number of hydrogen-bond donors (Lipinski definition) is 1. The summed E-state index contributed by atoms with van der Waals surface area (Å²) in [7, 11) is 1.56. The summed E-state index contributed by atoms with van der Waals surface area (Å²) in [5.74, 6) is 1.34. The van der Waals surface area contributed by atoms with E-state index < -0.39 is 0 Å². The summed E-state index contributed by atoms with van der Waals surface area (Å²) in [5, 5.41) is 0. The highest BCUT2D eigenvalue weighted by Crippen LogP contribution is 2.01. The van der Waals surface area contributed by atoms with E-state index in [2.05, 4.69) is 16.2 Å². The molecule has 43 valence electrons. The van der Waals surface area contributed by atoms with E-state index in [1.807, 2.05) is 6.92 Å². The van der Waals surface area contributed by atoms with E-state index in [0.717, 1.165) is 5.82 Å². The zero-order valence-corrected chi connectivity index (χ0v) is 4.86. The molecule has 0 aliphatic heterocycles. The Labute approximate surface area is 47.7 Å². The molecule has 0 atom stereocenters. The molecule has 3 heteroatoms. The normalized spacial score (nSPS) is 9.25. The lowest BCUT2D eigenvalue weighted by Crippen LogP contribution is -1.80. The van der Waals surface area contributed by atoms with Crippen molar-refractivity contribution in [2.75, 3.05) is 7.11 Å². The number of nitrogens with zero attached hydrogens (tertiary/aromatic N) is 1. The van der Waals surface area contributed by atoms with Gasteiger partial charge in [-0.15, -0.1) is 0 Å². The summed E-state index contributed by atoms with van der Waals surface area (Å²) < 4.78 is 4.74. The largest absolute Gasteiger partial charge is 0.479 e. The van der Waals surface area contributed by atoms with Gasteiger partial charge in [0.1, 0.15) is 12.0 Å². The zero-order valence-electron chi connectivity index (χ0n) is 4.86. The second kappa shape index (κ2) is 1.86. The minimum absolute atomic E-state index is 0.516. The van der Waals surface area contributed by atoms with E-state index in [4.69, 9.17) is 4.74 Å². The lowest BCUT2D eigenvalue weighted by atomic mass is 10.8. The lowest BCUT2D eigenvalue weighted by molar-refractivity contribution is 0.398. The van der Waals surface area contributed by atoms with Gasteiger partial charge in [0.2, 0.25) is 5.88 Å². The highest BCUT2D eigenvalue weighted by atomic mass is 16.5. The van der Waals surface area contributed by atoms with Gasteiger partial charge in [0, 0.05) is 0 Å². The summed E-state index contributed by atoms with van der Waals surface area (Å²) in [6.45, 7) is 1.85. The zero-order chi connectivity index (χ0) is 5.98. The average Bonchev–Trinajstić information content (AvgIpc) is 2.14. The van der Waals surface area contributed by atoms with Crippen LogP contribution in [-0.4, -0.2) is 17.1 Å². The number of aryl methyl sites for hydroxylation is 1. The van der Waals surface area contributed by atoms with Crippen LogP contribution in [0.2, 0.25) is 0 Å². The van der Waals surface area contributed by atoms with Gasteiger partial charge in [-0.3, -0.25) is 0 Å². The van der Waals surface area contributed by atoms with Crippen molar-refractivity contribution in [1.29, 1.82) is 0 Å². The fraction of sp³-hybridized carbons (Fsp3) is 0.400. The highest BCUT2D eigenvalue weighted by Gasteiger charge is 1.92. The minimum atomic E-state index is 0.516. The van der Waals surface area contributed by atoms with Crippen LogP contribution >= 0.6 is 0 Å². The molecule has 1 rings (SSSR count). The number of aromatic amines is 1. The Bertz CT molecular complexity index is 171. The molecule has 0 saturated heterocycles. The molecule has 0 aromatic carbocycles. The molecule has 0 spiro atoms. The first kappa shape index (κ1) is 5.15. The van der Waals surface area contributed by atoms with Crippen molar-refractivity contribution >= 4 is 0 Å². The number of methoxy groups -OCH3 is 1. The second-order valence-corrected chi connectivity index (χ2v) is 1.46. The molecule has 0 bridgehead atoms. The molecule has 0 aliphatic carbocycles. The van der Waals surface area contributed by atoms with Crippen molar-refractivity contribution in [2.24, 2.45) is 0 Å². The van der Waals surface area contributed by atoms with E-state index in [0.29, 0.717) is 5.88 Å². The van der Waals surface area contributed by atoms with E-state index in [1.54, 1.807) is 7.11 Å². The molecule has 0 unspecified atom stereocenters. The quantitative estimate of drug-likeness (QED) is 0.574. The monoisotopic (exact) mass is 111 g/mol. The number of hydrogen-bond acceptors (Lipinski definition) is 2. The predicted molar refractivity (Wildman–Crippen MR) is 28.7 cm³/mol. The van der Waals surface area contributed by atoms with E-state index in [9.17, 15) is 0 Å². The van der Waals surface area contributed by atoms with Gasteiger partial charge >= 0.3 is 0 Å². The Morgan fingerprint density at radius 3 is 2.75 bits per heavy atom. The highest BCUT2D eigenvalue weighted by molar-refractivity contribution is 5.03. The molecule has 0 amide bonds. The maximum Gasteiger partial charge on any atom is 0.241 e. The van der Waals surface area contributed by atoms with Crippen LogP contribution in [0.1, 0.15) is 5.82 Å². The van der Waals surface area contributed by atoms with Gasteiger partial charge < -0.3 is 9.72 Å². The fourth-order valence-electron chi connectivity index (χ4n) is 0.449. The smallest absolute Gasteiger partial charge is 0.241 e. The van der Waals surface area contributed by atoms with Crippen LogP contribution in [0.25, 0.3) is 0 Å². The first-order valence-corrected chi connectivity index (χ1v) is 2.31. The standard InChI is InChI=1S/C5H7N2O/c1-4-6-3-5(7-4)8-2/h1-2H3,(H,6,7). The molecule has 1 radical (unpaired) electrons. The van der Waals surface area contributed by atoms with Gasteiger partial charge in [-0.2, -0.15) is 4.98 Å². The van der Waals surface area contributed by atoms with E-state index in [1.165, 1.54) is 0 Å². The Kier molecular flexibility index (Phi) is 1.20. The van der Waals surface area contributed by atoms with E-state index in [-0.39, 0.29) is 0 Å². The fourth-order valence-corrected chi connectivity index (χ4v) is 0.449. The molecular formula is C5H7N2O. The summed E-state index contributed by atoms with van der Waals surface area (Å²) in [6.07, 6.45) is 2.70. The molecule has 0 aliphatic rings. The number of imidazole rings is 1. The molecule has 1 heterocycles. The topological polar surface area (TPSA) is 37.9 Å². The first-order valence-electron chi connectivity index (χ1n) is 2.31. The van der Waals surface area contributed by atoms with Gasteiger partial charge in [-0.25, -0.2) is 0 Å². The van der Waals surface area contributed by atoms with Crippen LogP contribution in [0, 0.1) is 13.1 Å². The summed E-state index contributed by atoms with van der Waals surface area (Å²) in [5.41, 5.74) is 0. The molecule has 1 aromatic heterocycles. The third kappa shape index (κ3) is 0.804. The number of aromatic nitrogens is 2. The summed E-state index contributed by atoms with van der Waals surface area (Å²) in [4.78, 5) is 6.65. The number of nitrogens with one attached hydrogen (secondary N) is 1. The van der Waals surface area contributed by atoms with Crippen LogP contribution < -0.4 is 4.74 Å². The Balaban J connectivity index is 2.84. The van der Waals surface area contributed by atoms with Gasteiger partial charge in [-0.05, 0) is 6.92 Å². The van der Waals surface area contributed by atoms with Crippen LogP contribution in [0.3, 0.4) is 0 Å². The van der Waals surface area contributed by atoms with Crippen molar-refractivity contribution in [3.8, 4) is 5.88 Å². The van der Waals surface area contributed by atoms with Crippen molar-refractivity contribution in [1.82, 2.24) is 9.97 Å². The number of ether oxygens (including phenoxy) is 1. The molecule has 8 heavy (non-hydrogen) atoms. The van der Waals surface area contributed by atoms with Gasteiger partial charge in [0.25, 0.3) is 0 Å². The van der Waals surface area contributed by atoms with Crippen molar-refractivity contribution in [2.45, 2.75) is 6.92 Å². The van der Waals surface area contributed by atoms with Crippen molar-refractivity contribution in [3.05, 3.63) is 12.0 Å². The van der Waals surface area contributed by atoms with Crippen molar-refractivity contribution in [3.63, 3.8) is 0 Å². The number of rotatable bonds is 1. The maximum absolute atomic E-state index is 4.74. The third-order valence-corrected chi connectivity index (χ3v) is 0.813. The molecule has 1 N–H and O–H groups in total. The molecule has 3 nitrogen and oxygen atoms in total. The second-order valence-electron chi connectivity index (χ2n) is 1.46. The Morgan fingerprint density at radius 1 is 1.75 bits per heavy atom. The predicted octanol–water partition coefficient (Wildman–Crippen LogP) is 0.527. The lowest BCUT2D eigenvalue weighted by Gasteiger charge is -1.84. The SMILES string of the molecule is COc1[c][nH]c(C)n1. The Hall–Kier alpha value is -0.990. The van der Waals surface area contributed by atoms with Gasteiger partial charge in [-0.1, -0.05) is 0 Å². The maximum atomic E-state index is 4.74. The van der Waals surface area contributed by atoms with Gasteiger partial charge in [0.05, 0.1) is 7.11 Å².